The van der Waals surface area contributed by atoms with Gasteiger partial charge >= 0.3 is 0 Å². The van der Waals surface area contributed by atoms with Gasteiger partial charge in [0.05, 0.1) is 4.90 Å². The van der Waals surface area contributed by atoms with E-state index in [0.717, 1.165) is 12.8 Å². The van der Waals surface area contributed by atoms with Crippen molar-refractivity contribution in [3.05, 3.63) is 59.2 Å². The predicted octanol–water partition coefficient (Wildman–Crippen LogP) is 2.73. The van der Waals surface area contributed by atoms with Crippen molar-refractivity contribution in [3.8, 4) is 0 Å². The van der Waals surface area contributed by atoms with E-state index in [1.54, 1.807) is 12.1 Å². The summed E-state index contributed by atoms with van der Waals surface area (Å²) in [6, 6.07) is 11.9. The molecule has 2 N–H and O–H groups in total. The number of aryl methyl sites for hydroxylation is 2. The minimum Gasteiger partial charge on any atom is -0.322 e. The molecule has 0 saturated carbocycles. The van der Waals surface area contributed by atoms with E-state index in [4.69, 9.17) is 0 Å². The first kappa shape index (κ1) is 16.7. The number of carbonyl (C=O) groups excluding carboxylic acids is 1. The Balaban J connectivity index is 1.75. The number of hydrogen-bond acceptors (Lipinski definition) is 3. The van der Waals surface area contributed by atoms with Gasteiger partial charge in [0, 0.05) is 11.3 Å². The number of carbonyl (C=O) groups is 1. The van der Waals surface area contributed by atoms with Gasteiger partial charge in [0.25, 0.3) is 5.91 Å². The number of amides is 1. The fourth-order valence-corrected chi connectivity index (χ4v) is 3.64. The van der Waals surface area contributed by atoms with Crippen molar-refractivity contribution in [1.29, 1.82) is 0 Å². The van der Waals surface area contributed by atoms with Crippen LogP contribution in [0.1, 0.15) is 34.3 Å². The molecule has 2 aromatic carbocycles. The fourth-order valence-electron chi connectivity index (χ4n) is 2.91. The van der Waals surface area contributed by atoms with Gasteiger partial charge in [0.15, 0.2) is 0 Å². The number of anilines is 1. The molecule has 1 aliphatic rings. The molecule has 3 rings (SSSR count). The second-order valence-electron chi connectivity index (χ2n) is 5.88. The highest BCUT2D eigenvalue weighted by Crippen LogP contribution is 2.23. The normalized spacial score (nSPS) is 14.0. The van der Waals surface area contributed by atoms with E-state index in [-0.39, 0.29) is 10.8 Å². The largest absolute Gasteiger partial charge is 0.322 e. The summed E-state index contributed by atoms with van der Waals surface area (Å²) in [5.41, 5.74) is 3.78. The monoisotopic (exact) mass is 344 g/mol. The van der Waals surface area contributed by atoms with Crippen molar-refractivity contribution < 1.29 is 13.2 Å². The van der Waals surface area contributed by atoms with Gasteiger partial charge in [-0.2, -0.15) is 0 Å². The van der Waals surface area contributed by atoms with Crippen molar-refractivity contribution >= 4 is 21.6 Å². The van der Waals surface area contributed by atoms with Gasteiger partial charge in [0.2, 0.25) is 10.0 Å². The summed E-state index contributed by atoms with van der Waals surface area (Å²) in [6.45, 7) is 0. The Hall–Kier alpha value is -2.18. The highest BCUT2D eigenvalue weighted by molar-refractivity contribution is 7.89. The molecule has 24 heavy (non-hydrogen) atoms. The molecule has 0 aliphatic heterocycles. The summed E-state index contributed by atoms with van der Waals surface area (Å²) >= 11 is 0. The number of sulfonamides is 1. The molecule has 126 valence electrons. The highest BCUT2D eigenvalue weighted by atomic mass is 32.2. The van der Waals surface area contributed by atoms with E-state index in [2.05, 4.69) is 10.0 Å². The van der Waals surface area contributed by atoms with Crippen molar-refractivity contribution in [2.45, 2.75) is 30.6 Å². The van der Waals surface area contributed by atoms with Crippen LogP contribution in [0, 0.1) is 0 Å². The van der Waals surface area contributed by atoms with Gasteiger partial charge in [-0.1, -0.05) is 6.07 Å². The molecule has 0 fully saturated rings. The number of nitrogens with one attached hydrogen (secondary N) is 2. The van der Waals surface area contributed by atoms with Gasteiger partial charge < -0.3 is 5.32 Å². The van der Waals surface area contributed by atoms with E-state index in [1.165, 1.54) is 43.1 Å². The second kappa shape index (κ2) is 6.75. The molecule has 6 heteroatoms. The fraction of sp³-hybridized carbons (Fsp3) is 0.278. The minimum atomic E-state index is -3.47. The third-order valence-electron chi connectivity index (χ3n) is 4.30. The lowest BCUT2D eigenvalue weighted by Crippen LogP contribution is -2.18. The van der Waals surface area contributed by atoms with Crippen LogP contribution in [0.25, 0.3) is 0 Å². The second-order valence-corrected chi connectivity index (χ2v) is 7.76. The van der Waals surface area contributed by atoms with Crippen LogP contribution in [-0.4, -0.2) is 21.4 Å². The molecular weight excluding hydrogens is 324 g/mol. The van der Waals surface area contributed by atoms with Crippen LogP contribution < -0.4 is 10.0 Å². The Morgan fingerprint density at radius 2 is 1.62 bits per heavy atom. The van der Waals surface area contributed by atoms with Crippen LogP contribution >= 0.6 is 0 Å². The van der Waals surface area contributed by atoms with Crippen molar-refractivity contribution in [2.75, 3.05) is 12.4 Å². The topological polar surface area (TPSA) is 75.3 Å². The Labute approximate surface area is 142 Å². The summed E-state index contributed by atoms with van der Waals surface area (Å²) in [5.74, 6) is -0.187. The lowest BCUT2D eigenvalue weighted by Gasteiger charge is -2.16. The quantitative estimate of drug-likeness (QED) is 0.895. The van der Waals surface area contributed by atoms with E-state index < -0.39 is 10.0 Å². The lowest BCUT2D eigenvalue weighted by atomic mass is 9.90. The van der Waals surface area contributed by atoms with E-state index in [9.17, 15) is 13.2 Å². The van der Waals surface area contributed by atoms with Crippen molar-refractivity contribution in [1.82, 2.24) is 4.72 Å². The zero-order chi connectivity index (χ0) is 17.2. The van der Waals surface area contributed by atoms with E-state index >= 15 is 0 Å². The highest BCUT2D eigenvalue weighted by Gasteiger charge is 2.14. The van der Waals surface area contributed by atoms with Gasteiger partial charge in [0.1, 0.15) is 0 Å². The summed E-state index contributed by atoms with van der Waals surface area (Å²) in [4.78, 5) is 12.6. The van der Waals surface area contributed by atoms with Crippen molar-refractivity contribution in [3.63, 3.8) is 0 Å². The van der Waals surface area contributed by atoms with Gasteiger partial charge in [-0.05, 0) is 80.3 Å². The molecule has 5 nitrogen and oxygen atoms in total. The Morgan fingerprint density at radius 3 is 2.29 bits per heavy atom. The molecule has 0 saturated heterocycles. The van der Waals surface area contributed by atoms with Gasteiger partial charge in [-0.15, -0.1) is 0 Å². The third kappa shape index (κ3) is 3.49. The Bertz CT molecular complexity index is 858. The number of rotatable bonds is 4. The molecule has 2 aromatic rings. The maximum absolute atomic E-state index is 12.4. The van der Waals surface area contributed by atoms with Crippen LogP contribution in [0.15, 0.2) is 47.4 Å². The maximum Gasteiger partial charge on any atom is 0.255 e. The molecule has 0 heterocycles. The molecule has 0 unspecified atom stereocenters. The number of hydrogen-bond donors (Lipinski definition) is 2. The van der Waals surface area contributed by atoms with E-state index in [1.807, 2.05) is 18.2 Å². The molecule has 0 atom stereocenters. The SMILES string of the molecule is CNS(=O)(=O)c1ccc(NC(=O)c2ccc3c(c2)CCCC3)cc1. The summed E-state index contributed by atoms with van der Waals surface area (Å²) < 4.78 is 25.6. The van der Waals surface area contributed by atoms with Gasteiger partial charge in [-0.25, -0.2) is 13.1 Å². The first-order valence-electron chi connectivity index (χ1n) is 7.96. The Kier molecular flexibility index (Phi) is 4.69. The zero-order valence-electron chi connectivity index (χ0n) is 13.5. The summed E-state index contributed by atoms with van der Waals surface area (Å²) in [6.07, 6.45) is 4.48. The predicted molar refractivity (Wildman–Crippen MR) is 93.7 cm³/mol. The number of benzene rings is 2. The number of fused-ring (bicyclic) bond motifs is 1. The molecule has 0 radical (unpaired) electrons. The van der Waals surface area contributed by atoms with Crippen LogP contribution in [0.5, 0.6) is 0 Å². The molecule has 1 aliphatic carbocycles. The third-order valence-corrected chi connectivity index (χ3v) is 5.73. The first-order chi connectivity index (χ1) is 11.5. The molecule has 0 aromatic heterocycles. The first-order valence-corrected chi connectivity index (χ1v) is 9.45. The van der Waals surface area contributed by atoms with Crippen LogP contribution in [-0.2, 0) is 22.9 Å². The average molecular weight is 344 g/mol. The van der Waals surface area contributed by atoms with Crippen LogP contribution in [0.3, 0.4) is 0 Å². The standard InChI is InChI=1S/C18H20N2O3S/c1-19-24(22,23)17-10-8-16(9-11-17)20-18(21)15-7-6-13-4-2-3-5-14(13)12-15/h6-12,19H,2-5H2,1H3,(H,20,21). The summed E-state index contributed by atoms with van der Waals surface area (Å²) in [7, 11) is -2.11. The molecule has 0 spiro atoms. The summed E-state index contributed by atoms with van der Waals surface area (Å²) in [5, 5.41) is 2.81. The minimum absolute atomic E-state index is 0.164. The average Bonchev–Trinajstić information content (AvgIpc) is 2.61. The molecular formula is C18H20N2O3S. The van der Waals surface area contributed by atoms with Crippen LogP contribution in [0.4, 0.5) is 5.69 Å². The Morgan fingerprint density at radius 1 is 0.958 bits per heavy atom. The van der Waals surface area contributed by atoms with Crippen LogP contribution in [0.2, 0.25) is 0 Å². The maximum atomic E-state index is 12.4. The lowest BCUT2D eigenvalue weighted by molar-refractivity contribution is 0.102. The molecule has 1 amide bonds. The van der Waals surface area contributed by atoms with Crippen molar-refractivity contribution in [2.24, 2.45) is 0 Å². The van der Waals surface area contributed by atoms with E-state index in [0.29, 0.717) is 11.3 Å². The van der Waals surface area contributed by atoms with Gasteiger partial charge in [-0.3, -0.25) is 4.79 Å². The zero-order valence-corrected chi connectivity index (χ0v) is 14.3. The molecule has 0 bridgehead atoms. The smallest absolute Gasteiger partial charge is 0.255 e.